The molecule has 36 heavy (non-hydrogen) atoms. The molecule has 1 amide bonds. The van der Waals surface area contributed by atoms with Gasteiger partial charge in [0.15, 0.2) is 0 Å². The highest BCUT2D eigenvalue weighted by Gasteiger charge is 2.18. The molecule has 0 aliphatic rings. The summed E-state index contributed by atoms with van der Waals surface area (Å²) < 4.78 is 3.18. The molecule has 0 atom stereocenters. The molecule has 0 saturated heterocycles. The van der Waals surface area contributed by atoms with E-state index in [9.17, 15) is 9.59 Å². The van der Waals surface area contributed by atoms with Gasteiger partial charge in [-0.25, -0.2) is 9.67 Å². The lowest BCUT2D eigenvalue weighted by Crippen LogP contribution is -2.28. The molecule has 8 heteroatoms. The molecular formula is C28H27N5O2S. The van der Waals surface area contributed by atoms with Crippen molar-refractivity contribution in [1.82, 2.24) is 19.3 Å². The zero-order chi connectivity index (χ0) is 25.6. The molecule has 0 aliphatic carbocycles. The molecule has 0 radical (unpaired) electrons. The SMILES string of the molecule is Cc1ccc(-n2nc(C)c(NC(=O)Cn3cnc4scc(-c5ccc(C)c(C)c5)c4c3=O)c2C)cc1. The number of aromatic nitrogens is 4. The predicted octanol–water partition coefficient (Wildman–Crippen LogP) is 5.49. The summed E-state index contributed by atoms with van der Waals surface area (Å²) in [4.78, 5) is 31.5. The fourth-order valence-corrected chi connectivity index (χ4v) is 5.20. The van der Waals surface area contributed by atoms with Gasteiger partial charge in [-0.15, -0.1) is 11.3 Å². The Balaban J connectivity index is 1.43. The van der Waals surface area contributed by atoms with Gasteiger partial charge >= 0.3 is 0 Å². The maximum absolute atomic E-state index is 13.4. The summed E-state index contributed by atoms with van der Waals surface area (Å²) in [5, 5.41) is 10.1. The molecule has 0 spiro atoms. The molecule has 5 rings (SSSR count). The Morgan fingerprint density at radius 2 is 1.75 bits per heavy atom. The van der Waals surface area contributed by atoms with Crippen LogP contribution in [-0.4, -0.2) is 25.2 Å². The van der Waals surface area contributed by atoms with E-state index in [1.165, 1.54) is 27.8 Å². The second-order valence-electron chi connectivity index (χ2n) is 9.15. The average molecular weight is 498 g/mol. The number of thiophene rings is 1. The van der Waals surface area contributed by atoms with Crippen molar-refractivity contribution in [1.29, 1.82) is 0 Å². The van der Waals surface area contributed by atoms with E-state index in [4.69, 9.17) is 0 Å². The topological polar surface area (TPSA) is 81.8 Å². The van der Waals surface area contributed by atoms with Gasteiger partial charge in [0.2, 0.25) is 5.91 Å². The molecule has 0 unspecified atom stereocenters. The van der Waals surface area contributed by atoms with Crippen molar-refractivity contribution in [3.05, 3.63) is 92.6 Å². The van der Waals surface area contributed by atoms with Crippen molar-refractivity contribution >= 4 is 33.1 Å². The van der Waals surface area contributed by atoms with Gasteiger partial charge in [0, 0.05) is 10.9 Å². The molecule has 0 fully saturated rings. The third-order valence-electron chi connectivity index (χ3n) is 6.53. The summed E-state index contributed by atoms with van der Waals surface area (Å²) in [6.07, 6.45) is 1.44. The van der Waals surface area contributed by atoms with E-state index < -0.39 is 0 Å². The van der Waals surface area contributed by atoms with E-state index in [2.05, 4.69) is 41.4 Å². The van der Waals surface area contributed by atoms with Crippen LogP contribution in [0.15, 0.2) is 59.0 Å². The van der Waals surface area contributed by atoms with Crippen LogP contribution in [0.5, 0.6) is 0 Å². The van der Waals surface area contributed by atoms with Crippen molar-refractivity contribution < 1.29 is 4.79 Å². The van der Waals surface area contributed by atoms with Crippen LogP contribution in [0.2, 0.25) is 0 Å². The Labute approximate surface area is 213 Å². The number of nitrogens with zero attached hydrogens (tertiary/aromatic N) is 4. The number of fused-ring (bicyclic) bond motifs is 1. The van der Waals surface area contributed by atoms with Gasteiger partial charge in [-0.3, -0.25) is 14.2 Å². The lowest BCUT2D eigenvalue weighted by atomic mass is 10.0. The van der Waals surface area contributed by atoms with Gasteiger partial charge in [0.05, 0.1) is 34.5 Å². The van der Waals surface area contributed by atoms with Crippen LogP contribution in [0.4, 0.5) is 5.69 Å². The molecular weight excluding hydrogens is 470 g/mol. The van der Waals surface area contributed by atoms with Gasteiger partial charge in [0.25, 0.3) is 5.56 Å². The van der Waals surface area contributed by atoms with Crippen LogP contribution in [0.25, 0.3) is 27.0 Å². The summed E-state index contributed by atoms with van der Waals surface area (Å²) in [7, 11) is 0. The molecule has 3 heterocycles. The van der Waals surface area contributed by atoms with E-state index in [0.29, 0.717) is 21.6 Å². The molecule has 2 aromatic carbocycles. The van der Waals surface area contributed by atoms with Gasteiger partial charge in [-0.05, 0) is 63.4 Å². The summed E-state index contributed by atoms with van der Waals surface area (Å²) in [5.41, 5.74) is 8.20. The Kier molecular flexibility index (Phi) is 6.05. The molecule has 5 aromatic rings. The van der Waals surface area contributed by atoms with E-state index in [1.54, 1.807) is 0 Å². The van der Waals surface area contributed by atoms with E-state index in [-0.39, 0.29) is 18.0 Å². The van der Waals surface area contributed by atoms with E-state index >= 15 is 0 Å². The number of hydrogen-bond donors (Lipinski definition) is 1. The number of nitrogens with one attached hydrogen (secondary N) is 1. The average Bonchev–Trinajstić information content (AvgIpc) is 3.40. The summed E-state index contributed by atoms with van der Waals surface area (Å²) in [6.45, 7) is 9.78. The standard InChI is InChI=1S/C28H27N5O2S/c1-16-6-10-22(11-7-16)33-20(5)26(19(4)31-33)30-24(34)13-32-15-29-27-25(28(32)35)23(14-36-27)21-9-8-17(2)18(3)12-21/h6-12,14-15H,13H2,1-5H3,(H,30,34). The summed E-state index contributed by atoms with van der Waals surface area (Å²) in [6, 6.07) is 14.2. The zero-order valence-electron chi connectivity index (χ0n) is 20.9. The maximum atomic E-state index is 13.4. The van der Waals surface area contributed by atoms with Crippen LogP contribution < -0.4 is 10.9 Å². The first-order chi connectivity index (χ1) is 17.2. The third-order valence-corrected chi connectivity index (χ3v) is 7.41. The van der Waals surface area contributed by atoms with Gasteiger partial charge in [-0.2, -0.15) is 5.10 Å². The third kappa shape index (κ3) is 4.24. The highest BCUT2D eigenvalue weighted by Crippen LogP contribution is 2.31. The minimum Gasteiger partial charge on any atom is -0.321 e. The van der Waals surface area contributed by atoms with E-state index in [1.807, 2.05) is 61.2 Å². The fraction of sp³-hybridized carbons (Fsp3) is 0.214. The number of aryl methyl sites for hydroxylation is 4. The highest BCUT2D eigenvalue weighted by atomic mass is 32.1. The Morgan fingerprint density at radius 1 is 1.00 bits per heavy atom. The number of benzene rings is 2. The second kappa shape index (κ2) is 9.20. The van der Waals surface area contributed by atoms with Crippen molar-refractivity contribution in [3.8, 4) is 16.8 Å². The normalized spacial score (nSPS) is 11.2. The Bertz CT molecular complexity index is 1680. The molecule has 0 aliphatic heterocycles. The first-order valence-electron chi connectivity index (χ1n) is 11.7. The number of hydrogen-bond acceptors (Lipinski definition) is 5. The van der Waals surface area contributed by atoms with Crippen LogP contribution in [-0.2, 0) is 11.3 Å². The molecule has 3 aromatic heterocycles. The monoisotopic (exact) mass is 497 g/mol. The second-order valence-corrected chi connectivity index (χ2v) is 10.0. The molecule has 7 nitrogen and oxygen atoms in total. The van der Waals surface area contributed by atoms with Gasteiger partial charge in [-0.1, -0.05) is 35.9 Å². The fourth-order valence-electron chi connectivity index (χ4n) is 4.30. The minimum atomic E-state index is -0.309. The number of anilines is 1. The number of carbonyl (C=O) groups excluding carboxylic acids is 1. The lowest BCUT2D eigenvalue weighted by molar-refractivity contribution is -0.116. The molecule has 1 N–H and O–H groups in total. The predicted molar refractivity (Wildman–Crippen MR) is 145 cm³/mol. The van der Waals surface area contributed by atoms with Crippen LogP contribution in [0, 0.1) is 34.6 Å². The van der Waals surface area contributed by atoms with Crippen LogP contribution >= 0.6 is 11.3 Å². The van der Waals surface area contributed by atoms with Crippen molar-refractivity contribution in [3.63, 3.8) is 0 Å². The lowest BCUT2D eigenvalue weighted by Gasteiger charge is -2.09. The molecule has 182 valence electrons. The first kappa shape index (κ1) is 23.7. The van der Waals surface area contributed by atoms with Crippen molar-refractivity contribution in [2.45, 2.75) is 41.2 Å². The maximum Gasteiger partial charge on any atom is 0.263 e. The van der Waals surface area contributed by atoms with Crippen molar-refractivity contribution in [2.75, 3.05) is 5.32 Å². The number of carbonyl (C=O) groups is 1. The molecule has 0 bridgehead atoms. The van der Waals surface area contributed by atoms with Gasteiger partial charge < -0.3 is 5.32 Å². The first-order valence-corrected chi connectivity index (χ1v) is 12.6. The summed E-state index contributed by atoms with van der Waals surface area (Å²) in [5.74, 6) is -0.309. The summed E-state index contributed by atoms with van der Waals surface area (Å²) >= 11 is 1.43. The minimum absolute atomic E-state index is 0.140. The molecule has 0 saturated carbocycles. The van der Waals surface area contributed by atoms with Gasteiger partial charge in [0.1, 0.15) is 11.4 Å². The van der Waals surface area contributed by atoms with Crippen LogP contribution in [0.1, 0.15) is 28.1 Å². The van der Waals surface area contributed by atoms with E-state index in [0.717, 1.165) is 33.6 Å². The largest absolute Gasteiger partial charge is 0.321 e. The Hall–Kier alpha value is -4.04. The number of amides is 1. The Morgan fingerprint density at radius 3 is 2.47 bits per heavy atom. The number of rotatable bonds is 5. The van der Waals surface area contributed by atoms with Crippen molar-refractivity contribution in [2.24, 2.45) is 0 Å². The zero-order valence-corrected chi connectivity index (χ0v) is 21.7. The highest BCUT2D eigenvalue weighted by molar-refractivity contribution is 7.17. The quantitative estimate of drug-likeness (QED) is 0.348. The van der Waals surface area contributed by atoms with Crippen LogP contribution in [0.3, 0.4) is 0 Å². The smallest absolute Gasteiger partial charge is 0.263 e.